The van der Waals surface area contributed by atoms with Crippen molar-refractivity contribution in [1.82, 2.24) is 0 Å². The summed E-state index contributed by atoms with van der Waals surface area (Å²) in [7, 11) is 1.52. The van der Waals surface area contributed by atoms with E-state index in [2.05, 4.69) is 6.07 Å². The molecule has 0 aliphatic heterocycles. The molecule has 4 heteroatoms. The van der Waals surface area contributed by atoms with Crippen molar-refractivity contribution >= 4 is 6.29 Å². The third-order valence-corrected chi connectivity index (χ3v) is 3.14. The lowest BCUT2D eigenvalue weighted by atomic mass is 10.1. The van der Waals surface area contributed by atoms with Crippen LogP contribution in [0, 0.1) is 18.3 Å². The van der Waals surface area contributed by atoms with Crippen LogP contribution in [0.1, 0.15) is 27.0 Å². The molecule has 106 valence electrons. The van der Waals surface area contributed by atoms with Crippen LogP contribution in [-0.2, 0) is 6.61 Å². The van der Waals surface area contributed by atoms with Gasteiger partial charge in [0, 0.05) is 0 Å². The van der Waals surface area contributed by atoms with E-state index in [1.54, 1.807) is 18.2 Å². The summed E-state index contributed by atoms with van der Waals surface area (Å²) in [5, 5.41) is 9.07. The van der Waals surface area contributed by atoms with Gasteiger partial charge in [-0.15, -0.1) is 0 Å². The lowest BCUT2D eigenvalue weighted by Gasteiger charge is -2.12. The predicted octanol–water partition coefficient (Wildman–Crippen LogP) is 3.27. The van der Waals surface area contributed by atoms with Crippen molar-refractivity contribution in [2.45, 2.75) is 13.5 Å². The molecule has 21 heavy (non-hydrogen) atoms. The van der Waals surface area contributed by atoms with E-state index < -0.39 is 0 Å². The minimum atomic E-state index is 0.282. The van der Waals surface area contributed by atoms with E-state index in [1.165, 1.54) is 7.11 Å². The highest BCUT2D eigenvalue weighted by atomic mass is 16.5. The Bertz CT molecular complexity index is 702. The number of carbonyl (C=O) groups excluding carboxylic acids is 1. The number of hydrogen-bond acceptors (Lipinski definition) is 4. The first kappa shape index (κ1) is 14.6. The molecule has 2 aromatic rings. The van der Waals surface area contributed by atoms with Crippen LogP contribution in [0.25, 0.3) is 0 Å². The number of ether oxygens (including phenoxy) is 2. The van der Waals surface area contributed by atoms with E-state index >= 15 is 0 Å². The van der Waals surface area contributed by atoms with Gasteiger partial charge < -0.3 is 9.47 Å². The van der Waals surface area contributed by atoms with Crippen molar-refractivity contribution in [3.05, 3.63) is 58.7 Å². The van der Waals surface area contributed by atoms with Gasteiger partial charge in [0.05, 0.1) is 18.2 Å². The van der Waals surface area contributed by atoms with Crippen LogP contribution in [-0.4, -0.2) is 13.4 Å². The molecule has 0 spiro atoms. The zero-order chi connectivity index (χ0) is 15.2. The molecule has 0 fully saturated rings. The summed E-state index contributed by atoms with van der Waals surface area (Å²) in [6.07, 6.45) is 0.775. The van der Waals surface area contributed by atoms with Gasteiger partial charge in [0.1, 0.15) is 24.2 Å². The van der Waals surface area contributed by atoms with Gasteiger partial charge in [-0.3, -0.25) is 4.79 Å². The molecular weight excluding hydrogens is 266 g/mol. The SMILES string of the molecule is COc1ccc(COc2c(C)cccc2C=O)cc1C#N. The molecule has 0 aliphatic carbocycles. The summed E-state index contributed by atoms with van der Waals surface area (Å²) in [6.45, 7) is 2.17. The number of methoxy groups -OCH3 is 1. The number of nitriles is 1. The highest BCUT2D eigenvalue weighted by Gasteiger charge is 2.08. The van der Waals surface area contributed by atoms with E-state index in [9.17, 15) is 4.79 Å². The number of aldehydes is 1. The normalized spacial score (nSPS) is 9.76. The van der Waals surface area contributed by atoms with E-state index in [0.29, 0.717) is 22.6 Å². The Morgan fingerprint density at radius 2 is 2.10 bits per heavy atom. The van der Waals surface area contributed by atoms with Gasteiger partial charge in [-0.05, 0) is 36.2 Å². The molecule has 2 rings (SSSR count). The van der Waals surface area contributed by atoms with E-state index in [1.807, 2.05) is 25.1 Å². The number of rotatable bonds is 5. The quantitative estimate of drug-likeness (QED) is 0.789. The topological polar surface area (TPSA) is 59.3 Å². The molecule has 0 unspecified atom stereocenters. The average molecular weight is 281 g/mol. The van der Waals surface area contributed by atoms with Crippen LogP contribution in [0.4, 0.5) is 0 Å². The minimum absolute atomic E-state index is 0.282. The van der Waals surface area contributed by atoms with Crippen molar-refractivity contribution < 1.29 is 14.3 Å². The lowest BCUT2D eigenvalue weighted by molar-refractivity contribution is 0.111. The molecule has 0 aromatic heterocycles. The summed E-state index contributed by atoms with van der Waals surface area (Å²) in [4.78, 5) is 11.0. The van der Waals surface area contributed by atoms with Crippen LogP contribution >= 0.6 is 0 Å². The van der Waals surface area contributed by atoms with Crippen LogP contribution in [0.3, 0.4) is 0 Å². The Morgan fingerprint density at radius 1 is 1.29 bits per heavy atom. The fourth-order valence-electron chi connectivity index (χ4n) is 2.05. The van der Waals surface area contributed by atoms with Crippen molar-refractivity contribution in [2.24, 2.45) is 0 Å². The maximum Gasteiger partial charge on any atom is 0.153 e. The van der Waals surface area contributed by atoms with Gasteiger partial charge in [-0.1, -0.05) is 18.2 Å². The Labute approximate surface area is 123 Å². The van der Waals surface area contributed by atoms with Crippen LogP contribution in [0.5, 0.6) is 11.5 Å². The van der Waals surface area contributed by atoms with Crippen molar-refractivity contribution in [3.8, 4) is 17.6 Å². The number of para-hydroxylation sites is 1. The summed E-state index contributed by atoms with van der Waals surface area (Å²) in [5.74, 6) is 1.10. The second-order valence-electron chi connectivity index (χ2n) is 4.55. The zero-order valence-electron chi connectivity index (χ0n) is 11.9. The van der Waals surface area contributed by atoms with E-state index in [4.69, 9.17) is 14.7 Å². The fraction of sp³-hybridized carbons (Fsp3) is 0.176. The molecule has 0 N–H and O–H groups in total. The maximum absolute atomic E-state index is 11.0. The van der Waals surface area contributed by atoms with Gasteiger partial charge in [-0.25, -0.2) is 0 Å². The first-order valence-corrected chi connectivity index (χ1v) is 6.44. The summed E-state index contributed by atoms with van der Waals surface area (Å²) in [5.41, 5.74) is 2.71. The molecule has 0 atom stereocenters. The maximum atomic E-state index is 11.0. The third kappa shape index (κ3) is 3.21. The zero-order valence-corrected chi connectivity index (χ0v) is 11.9. The first-order valence-electron chi connectivity index (χ1n) is 6.44. The molecule has 4 nitrogen and oxygen atoms in total. The van der Waals surface area contributed by atoms with E-state index in [-0.39, 0.29) is 6.61 Å². The van der Waals surface area contributed by atoms with Crippen LogP contribution in [0.15, 0.2) is 36.4 Å². The molecule has 2 aromatic carbocycles. The van der Waals surface area contributed by atoms with E-state index in [0.717, 1.165) is 17.4 Å². The van der Waals surface area contributed by atoms with Gasteiger partial charge >= 0.3 is 0 Å². The monoisotopic (exact) mass is 281 g/mol. The number of benzene rings is 2. The standard InChI is InChI=1S/C17H15NO3/c1-12-4-3-5-14(10-19)17(12)21-11-13-6-7-16(20-2)15(8-13)9-18/h3-8,10H,11H2,1-2H3. The fourth-order valence-corrected chi connectivity index (χ4v) is 2.05. The van der Waals surface area contributed by atoms with Crippen LogP contribution < -0.4 is 9.47 Å². The number of hydrogen-bond donors (Lipinski definition) is 0. The van der Waals surface area contributed by atoms with Crippen molar-refractivity contribution in [3.63, 3.8) is 0 Å². The summed E-state index contributed by atoms with van der Waals surface area (Å²) in [6, 6.07) is 12.8. The van der Waals surface area contributed by atoms with Gasteiger partial charge in [0.25, 0.3) is 0 Å². The second kappa shape index (κ2) is 6.58. The largest absolute Gasteiger partial charge is 0.495 e. The number of carbonyl (C=O) groups is 1. The Kier molecular flexibility index (Phi) is 4.57. The molecule has 0 radical (unpaired) electrons. The van der Waals surface area contributed by atoms with Crippen LogP contribution in [0.2, 0.25) is 0 Å². The lowest BCUT2D eigenvalue weighted by Crippen LogP contribution is -2.01. The second-order valence-corrected chi connectivity index (χ2v) is 4.55. The number of nitrogens with zero attached hydrogens (tertiary/aromatic N) is 1. The molecule has 0 saturated heterocycles. The Hall–Kier alpha value is -2.80. The number of aryl methyl sites for hydroxylation is 1. The smallest absolute Gasteiger partial charge is 0.153 e. The summed E-state index contributed by atoms with van der Waals surface area (Å²) < 4.78 is 10.8. The molecule has 0 heterocycles. The molecule has 0 aliphatic rings. The predicted molar refractivity (Wildman–Crippen MR) is 78.6 cm³/mol. The summed E-state index contributed by atoms with van der Waals surface area (Å²) >= 11 is 0. The first-order chi connectivity index (χ1) is 10.2. The molecule has 0 bridgehead atoms. The average Bonchev–Trinajstić information content (AvgIpc) is 2.53. The molecule has 0 amide bonds. The van der Waals surface area contributed by atoms with Gasteiger partial charge in [0.2, 0.25) is 0 Å². The Balaban J connectivity index is 2.21. The van der Waals surface area contributed by atoms with Gasteiger partial charge in [-0.2, -0.15) is 5.26 Å². The minimum Gasteiger partial charge on any atom is -0.495 e. The molecular formula is C17H15NO3. The van der Waals surface area contributed by atoms with Crippen molar-refractivity contribution in [1.29, 1.82) is 5.26 Å². The van der Waals surface area contributed by atoms with Crippen molar-refractivity contribution in [2.75, 3.05) is 7.11 Å². The highest BCUT2D eigenvalue weighted by Crippen LogP contribution is 2.24. The third-order valence-electron chi connectivity index (χ3n) is 3.14. The highest BCUT2D eigenvalue weighted by molar-refractivity contribution is 5.80. The molecule has 0 saturated carbocycles. The van der Waals surface area contributed by atoms with Gasteiger partial charge in [0.15, 0.2) is 6.29 Å². The Morgan fingerprint density at radius 3 is 2.76 bits per heavy atom.